The van der Waals surface area contributed by atoms with Gasteiger partial charge in [0, 0.05) is 12.7 Å². The Morgan fingerprint density at radius 3 is 2.80 bits per heavy atom. The third-order valence-electron chi connectivity index (χ3n) is 3.29. The van der Waals surface area contributed by atoms with Gasteiger partial charge in [0.15, 0.2) is 5.69 Å². The highest BCUT2D eigenvalue weighted by molar-refractivity contribution is 5.36. The lowest BCUT2D eigenvalue weighted by Gasteiger charge is -2.26. The van der Waals surface area contributed by atoms with E-state index in [4.69, 9.17) is 0 Å². The van der Waals surface area contributed by atoms with E-state index >= 15 is 0 Å². The van der Waals surface area contributed by atoms with Gasteiger partial charge < -0.3 is 9.88 Å². The highest BCUT2D eigenvalue weighted by Crippen LogP contribution is 2.35. The molecule has 1 aromatic heterocycles. The van der Waals surface area contributed by atoms with Crippen LogP contribution in [0.3, 0.4) is 0 Å². The van der Waals surface area contributed by atoms with Gasteiger partial charge in [-0.3, -0.25) is 0 Å². The molecule has 0 fully saturated rings. The Morgan fingerprint density at radius 2 is 2.10 bits per heavy atom. The quantitative estimate of drug-likeness (QED) is 0.813. The molecule has 2 heterocycles. The fourth-order valence-corrected chi connectivity index (χ4v) is 2.40. The van der Waals surface area contributed by atoms with Crippen LogP contribution in [0.4, 0.5) is 23.5 Å². The first kappa shape index (κ1) is 13.0. The van der Waals surface area contributed by atoms with Gasteiger partial charge in [-0.2, -0.15) is 13.2 Å². The summed E-state index contributed by atoms with van der Waals surface area (Å²) in [4.78, 5) is 3.55. The Balaban J connectivity index is 2.04. The molecule has 7 heteroatoms. The molecule has 0 saturated carbocycles. The van der Waals surface area contributed by atoms with Gasteiger partial charge in [-0.1, -0.05) is 12.1 Å². The van der Waals surface area contributed by atoms with Crippen LogP contribution in [0, 0.1) is 5.82 Å². The Morgan fingerprint density at radius 1 is 1.30 bits per heavy atom. The lowest BCUT2D eigenvalue weighted by Crippen LogP contribution is -2.23. The van der Waals surface area contributed by atoms with E-state index in [2.05, 4.69) is 10.3 Å². The second-order valence-corrected chi connectivity index (χ2v) is 4.64. The summed E-state index contributed by atoms with van der Waals surface area (Å²) in [6.45, 7) is 0.496. The SMILES string of the molecule is Fc1cccc(C2CCNc3nc(C(F)(F)F)cn32)c1. The average Bonchev–Trinajstić information content (AvgIpc) is 2.82. The molecule has 0 spiro atoms. The van der Waals surface area contributed by atoms with E-state index in [1.54, 1.807) is 12.1 Å². The average molecular weight is 285 g/mol. The summed E-state index contributed by atoms with van der Waals surface area (Å²) in [5, 5.41) is 2.83. The number of aromatic nitrogens is 2. The van der Waals surface area contributed by atoms with Crippen LogP contribution in [0.15, 0.2) is 30.5 Å². The fraction of sp³-hybridized carbons (Fsp3) is 0.308. The smallest absolute Gasteiger partial charge is 0.356 e. The summed E-state index contributed by atoms with van der Waals surface area (Å²) < 4.78 is 52.8. The maximum absolute atomic E-state index is 13.3. The molecule has 20 heavy (non-hydrogen) atoms. The first-order valence-electron chi connectivity index (χ1n) is 6.10. The summed E-state index contributed by atoms with van der Waals surface area (Å²) in [6, 6.07) is 5.56. The van der Waals surface area contributed by atoms with Crippen LogP contribution in [-0.2, 0) is 6.18 Å². The van der Waals surface area contributed by atoms with E-state index in [9.17, 15) is 17.6 Å². The van der Waals surface area contributed by atoms with Crippen molar-refractivity contribution in [1.82, 2.24) is 9.55 Å². The molecular formula is C13H11F4N3. The maximum atomic E-state index is 13.3. The number of hydrogen-bond acceptors (Lipinski definition) is 2. The molecule has 1 aromatic carbocycles. The van der Waals surface area contributed by atoms with Gasteiger partial charge in [0.05, 0.1) is 6.04 Å². The number of benzene rings is 1. The first-order chi connectivity index (χ1) is 9.45. The first-order valence-corrected chi connectivity index (χ1v) is 6.10. The van der Waals surface area contributed by atoms with Crippen LogP contribution in [0.2, 0.25) is 0 Å². The number of hydrogen-bond donors (Lipinski definition) is 1. The highest BCUT2D eigenvalue weighted by Gasteiger charge is 2.36. The molecule has 0 saturated heterocycles. The van der Waals surface area contributed by atoms with Gasteiger partial charge in [0.1, 0.15) is 5.82 Å². The van der Waals surface area contributed by atoms with E-state index in [0.29, 0.717) is 18.5 Å². The Labute approximate surface area is 112 Å². The topological polar surface area (TPSA) is 29.9 Å². The molecule has 0 aliphatic carbocycles. The molecule has 0 bridgehead atoms. The van der Waals surface area contributed by atoms with Crippen LogP contribution >= 0.6 is 0 Å². The number of nitrogens with one attached hydrogen (secondary N) is 1. The second-order valence-electron chi connectivity index (χ2n) is 4.64. The summed E-state index contributed by atoms with van der Waals surface area (Å²) >= 11 is 0. The Kier molecular flexibility index (Phi) is 2.92. The maximum Gasteiger partial charge on any atom is 0.434 e. The normalized spacial score (nSPS) is 18.5. The molecular weight excluding hydrogens is 274 g/mol. The van der Waals surface area contributed by atoms with Crippen molar-refractivity contribution >= 4 is 5.95 Å². The van der Waals surface area contributed by atoms with Gasteiger partial charge in [-0.15, -0.1) is 0 Å². The predicted octanol–water partition coefficient (Wildman–Crippen LogP) is 3.45. The van der Waals surface area contributed by atoms with Crippen LogP contribution < -0.4 is 5.32 Å². The van der Waals surface area contributed by atoms with Gasteiger partial charge in [0.2, 0.25) is 5.95 Å². The number of nitrogens with zero attached hydrogens (tertiary/aromatic N) is 2. The molecule has 0 radical (unpaired) electrons. The van der Waals surface area contributed by atoms with E-state index < -0.39 is 17.7 Å². The van der Waals surface area contributed by atoms with Crippen LogP contribution in [0.5, 0.6) is 0 Å². The van der Waals surface area contributed by atoms with Gasteiger partial charge >= 0.3 is 6.18 Å². The summed E-state index contributed by atoms with van der Waals surface area (Å²) in [6.07, 6.45) is -2.94. The van der Waals surface area contributed by atoms with Gasteiger partial charge in [-0.05, 0) is 24.1 Å². The zero-order chi connectivity index (χ0) is 14.3. The van der Waals surface area contributed by atoms with Crippen molar-refractivity contribution in [3.8, 4) is 0 Å². The fourth-order valence-electron chi connectivity index (χ4n) is 2.40. The van der Waals surface area contributed by atoms with Crippen LogP contribution in [0.25, 0.3) is 0 Å². The molecule has 0 amide bonds. The minimum Gasteiger partial charge on any atom is -0.356 e. The lowest BCUT2D eigenvalue weighted by molar-refractivity contribution is -0.140. The van der Waals surface area contributed by atoms with E-state index in [1.165, 1.54) is 16.7 Å². The van der Waals surface area contributed by atoms with Crippen molar-refractivity contribution in [2.75, 3.05) is 11.9 Å². The molecule has 2 aromatic rings. The molecule has 1 atom stereocenters. The summed E-state index contributed by atoms with van der Waals surface area (Å²) in [5.41, 5.74) is -0.304. The molecule has 1 N–H and O–H groups in total. The number of fused-ring (bicyclic) bond motifs is 1. The van der Waals surface area contributed by atoms with Crippen molar-refractivity contribution in [2.24, 2.45) is 0 Å². The van der Waals surface area contributed by atoms with E-state index in [1.807, 2.05) is 0 Å². The van der Waals surface area contributed by atoms with Crippen molar-refractivity contribution in [1.29, 1.82) is 0 Å². The van der Waals surface area contributed by atoms with Crippen LogP contribution in [0.1, 0.15) is 23.7 Å². The molecule has 3 nitrogen and oxygen atoms in total. The zero-order valence-corrected chi connectivity index (χ0v) is 10.3. The van der Waals surface area contributed by atoms with Crippen molar-refractivity contribution in [2.45, 2.75) is 18.6 Å². The Hall–Kier alpha value is -2.05. The molecule has 1 unspecified atom stereocenters. The number of halogens is 4. The predicted molar refractivity (Wildman–Crippen MR) is 64.9 cm³/mol. The third kappa shape index (κ3) is 2.23. The second kappa shape index (κ2) is 4.50. The van der Waals surface area contributed by atoms with Crippen molar-refractivity contribution in [3.05, 3.63) is 47.5 Å². The van der Waals surface area contributed by atoms with Gasteiger partial charge in [-0.25, -0.2) is 9.37 Å². The molecule has 106 valence electrons. The molecule has 1 aliphatic heterocycles. The molecule has 3 rings (SSSR count). The number of rotatable bonds is 1. The van der Waals surface area contributed by atoms with Crippen molar-refractivity contribution in [3.63, 3.8) is 0 Å². The standard InChI is InChI=1S/C13H11F4N3/c14-9-3-1-2-8(6-9)10-4-5-18-12-19-11(7-20(10)12)13(15,16)17/h1-3,6-7,10H,4-5H2,(H,18,19). The van der Waals surface area contributed by atoms with Crippen molar-refractivity contribution < 1.29 is 17.6 Å². The number of anilines is 1. The minimum atomic E-state index is -4.49. The lowest BCUT2D eigenvalue weighted by atomic mass is 10.0. The zero-order valence-electron chi connectivity index (χ0n) is 10.3. The number of imidazole rings is 1. The summed E-state index contributed by atoms with van der Waals surface area (Å²) in [7, 11) is 0. The largest absolute Gasteiger partial charge is 0.434 e. The van der Waals surface area contributed by atoms with E-state index in [-0.39, 0.29) is 12.0 Å². The van der Waals surface area contributed by atoms with Crippen LogP contribution in [-0.4, -0.2) is 16.1 Å². The van der Waals surface area contributed by atoms with E-state index in [0.717, 1.165) is 6.20 Å². The summed E-state index contributed by atoms with van der Waals surface area (Å²) in [5.74, 6) is -0.239. The third-order valence-corrected chi connectivity index (χ3v) is 3.29. The van der Waals surface area contributed by atoms with Gasteiger partial charge in [0.25, 0.3) is 0 Å². The highest BCUT2D eigenvalue weighted by atomic mass is 19.4. The monoisotopic (exact) mass is 285 g/mol. The molecule has 1 aliphatic rings. The Bertz CT molecular complexity index is 633. The minimum absolute atomic E-state index is 0.165. The number of alkyl halides is 3.